The molecule has 0 spiro atoms. The molecule has 0 saturated carbocycles. The number of nitrogens with zero attached hydrogens (tertiary/aromatic N) is 1. The van der Waals surface area contributed by atoms with Gasteiger partial charge < -0.3 is 14.7 Å². The summed E-state index contributed by atoms with van der Waals surface area (Å²) in [5.74, 6) is -0.680. The normalized spacial score (nSPS) is 14.0. The van der Waals surface area contributed by atoms with Crippen molar-refractivity contribution in [3.05, 3.63) is 53.6 Å². The van der Waals surface area contributed by atoms with E-state index in [2.05, 4.69) is 10.3 Å². The molecule has 0 atom stereocenters. The standard InChI is InChI=1S/C21H13N3O3/c1-24-11-7-3-2-5-9(11)14-16-15(20(26)23-21(16)27)13-10-6-4-8-12(25)17(10)22-18(13)19(14)24/h2-8,22,25H,1H3,(H,23,26,27). The van der Waals surface area contributed by atoms with E-state index in [1.807, 2.05) is 41.9 Å². The summed E-state index contributed by atoms with van der Waals surface area (Å²) in [7, 11) is 1.94. The number of rotatable bonds is 0. The third-order valence-electron chi connectivity index (χ3n) is 5.59. The fourth-order valence-corrected chi connectivity index (χ4v) is 4.51. The van der Waals surface area contributed by atoms with E-state index < -0.39 is 5.91 Å². The van der Waals surface area contributed by atoms with Crippen LogP contribution >= 0.6 is 0 Å². The molecule has 5 aromatic rings. The van der Waals surface area contributed by atoms with E-state index in [1.165, 1.54) is 0 Å². The first kappa shape index (κ1) is 14.4. The number of fused-ring (bicyclic) bond motifs is 10. The molecule has 0 aliphatic carbocycles. The van der Waals surface area contributed by atoms with Crippen LogP contribution in [0.2, 0.25) is 0 Å². The van der Waals surface area contributed by atoms with E-state index in [0.29, 0.717) is 22.0 Å². The second kappa shape index (κ2) is 4.48. The molecule has 0 saturated heterocycles. The van der Waals surface area contributed by atoms with E-state index in [9.17, 15) is 14.7 Å². The highest BCUT2D eigenvalue weighted by Gasteiger charge is 2.35. The summed E-state index contributed by atoms with van der Waals surface area (Å²) in [5.41, 5.74) is 3.88. The van der Waals surface area contributed by atoms with Gasteiger partial charge in [0.2, 0.25) is 0 Å². The Kier molecular flexibility index (Phi) is 2.38. The molecule has 1 aliphatic heterocycles. The molecule has 3 aromatic carbocycles. The molecule has 0 unspecified atom stereocenters. The monoisotopic (exact) mass is 355 g/mol. The van der Waals surface area contributed by atoms with Crippen molar-refractivity contribution in [2.75, 3.05) is 0 Å². The lowest BCUT2D eigenvalue weighted by atomic mass is 9.96. The molecule has 3 N–H and O–H groups in total. The minimum atomic E-state index is -0.404. The van der Waals surface area contributed by atoms with Gasteiger partial charge >= 0.3 is 0 Å². The summed E-state index contributed by atoms with van der Waals surface area (Å²) >= 11 is 0. The predicted octanol–water partition coefficient (Wildman–Crippen LogP) is 3.56. The summed E-state index contributed by atoms with van der Waals surface area (Å²) < 4.78 is 2.02. The van der Waals surface area contributed by atoms with Crippen LogP contribution in [0.1, 0.15) is 20.7 Å². The average molecular weight is 355 g/mol. The lowest BCUT2D eigenvalue weighted by Gasteiger charge is -2.04. The molecule has 3 heterocycles. The Morgan fingerprint density at radius 3 is 2.37 bits per heavy atom. The fourth-order valence-electron chi connectivity index (χ4n) is 4.51. The third kappa shape index (κ3) is 1.52. The number of phenols is 1. The molecule has 6 heteroatoms. The van der Waals surface area contributed by atoms with Crippen LogP contribution in [0, 0.1) is 0 Å². The van der Waals surface area contributed by atoms with Crippen LogP contribution in [0.25, 0.3) is 43.6 Å². The van der Waals surface area contributed by atoms with Crippen molar-refractivity contribution in [2.45, 2.75) is 0 Å². The largest absolute Gasteiger partial charge is 0.506 e. The van der Waals surface area contributed by atoms with E-state index in [4.69, 9.17) is 0 Å². The number of carbonyl (C=O) groups is 2. The van der Waals surface area contributed by atoms with Crippen LogP contribution in [0.15, 0.2) is 42.5 Å². The quantitative estimate of drug-likeness (QED) is 0.371. The first-order chi connectivity index (χ1) is 13.1. The van der Waals surface area contributed by atoms with E-state index in [-0.39, 0.29) is 11.7 Å². The Morgan fingerprint density at radius 1 is 0.852 bits per heavy atom. The zero-order chi connectivity index (χ0) is 18.4. The molecule has 130 valence electrons. The number of para-hydroxylation sites is 2. The van der Waals surface area contributed by atoms with Gasteiger partial charge in [0.25, 0.3) is 11.8 Å². The Hall–Kier alpha value is -3.80. The molecule has 1 aliphatic rings. The number of hydrogen-bond acceptors (Lipinski definition) is 3. The van der Waals surface area contributed by atoms with Gasteiger partial charge in [0.15, 0.2) is 0 Å². The second-order valence-electron chi connectivity index (χ2n) is 6.91. The SMILES string of the molecule is Cn1c2ccccc2c2c3c(c4c5cccc(O)c5[nH]c4c21)C(=O)NC3=O. The number of imide groups is 1. The number of aromatic hydroxyl groups is 1. The summed E-state index contributed by atoms with van der Waals surface area (Å²) in [6.45, 7) is 0. The number of hydrogen-bond donors (Lipinski definition) is 3. The molecule has 0 fully saturated rings. The number of carbonyl (C=O) groups excluding carboxylic acids is 2. The van der Waals surface area contributed by atoms with Crippen molar-refractivity contribution in [1.82, 2.24) is 14.9 Å². The lowest BCUT2D eigenvalue weighted by Crippen LogP contribution is -2.20. The van der Waals surface area contributed by atoms with Gasteiger partial charge in [0.05, 0.1) is 27.7 Å². The molecular weight excluding hydrogens is 342 g/mol. The van der Waals surface area contributed by atoms with Gasteiger partial charge in [0, 0.05) is 34.1 Å². The van der Waals surface area contributed by atoms with E-state index in [0.717, 1.165) is 32.7 Å². The number of amides is 2. The number of nitrogens with one attached hydrogen (secondary N) is 2. The number of benzene rings is 3. The van der Waals surface area contributed by atoms with Crippen LogP contribution in [0.3, 0.4) is 0 Å². The van der Waals surface area contributed by atoms with Gasteiger partial charge in [0.1, 0.15) is 5.75 Å². The van der Waals surface area contributed by atoms with Gasteiger partial charge in [-0.25, -0.2) is 0 Å². The molecule has 6 nitrogen and oxygen atoms in total. The van der Waals surface area contributed by atoms with Crippen LogP contribution in [-0.2, 0) is 7.05 Å². The maximum absolute atomic E-state index is 12.7. The first-order valence-corrected chi connectivity index (χ1v) is 8.60. The maximum atomic E-state index is 12.7. The predicted molar refractivity (Wildman–Crippen MR) is 103 cm³/mol. The number of aromatic amines is 1. The summed E-state index contributed by atoms with van der Waals surface area (Å²) in [6.07, 6.45) is 0. The highest BCUT2D eigenvalue weighted by Crippen LogP contribution is 2.44. The molecule has 2 amide bonds. The smallest absolute Gasteiger partial charge is 0.259 e. The van der Waals surface area contributed by atoms with E-state index in [1.54, 1.807) is 12.1 Å². The Labute approximate surface area is 152 Å². The van der Waals surface area contributed by atoms with Crippen molar-refractivity contribution >= 4 is 55.4 Å². The highest BCUT2D eigenvalue weighted by atomic mass is 16.3. The number of phenolic OH excluding ortho intramolecular Hbond substituents is 1. The Balaban J connectivity index is 2.06. The van der Waals surface area contributed by atoms with Gasteiger partial charge in [-0.3, -0.25) is 14.9 Å². The summed E-state index contributed by atoms with van der Waals surface area (Å²) in [6, 6.07) is 13.0. The first-order valence-electron chi connectivity index (χ1n) is 8.60. The van der Waals surface area contributed by atoms with Crippen molar-refractivity contribution in [3.8, 4) is 5.75 Å². The molecule has 2 aromatic heterocycles. The molecular formula is C21H13N3O3. The molecule has 6 rings (SSSR count). The van der Waals surface area contributed by atoms with Gasteiger partial charge in [-0.15, -0.1) is 0 Å². The minimum absolute atomic E-state index is 0.106. The summed E-state index contributed by atoms with van der Waals surface area (Å²) in [5, 5.41) is 15.8. The second-order valence-corrected chi connectivity index (χ2v) is 6.91. The molecule has 0 bridgehead atoms. The van der Waals surface area contributed by atoms with E-state index >= 15 is 0 Å². The zero-order valence-corrected chi connectivity index (χ0v) is 14.3. The number of aromatic nitrogens is 2. The van der Waals surface area contributed by atoms with Crippen LogP contribution in [0.5, 0.6) is 5.75 Å². The number of H-pyrrole nitrogens is 1. The van der Waals surface area contributed by atoms with Gasteiger partial charge in [-0.05, 0) is 12.1 Å². The lowest BCUT2D eigenvalue weighted by molar-refractivity contribution is 0.0880. The fraction of sp³-hybridized carbons (Fsp3) is 0.0476. The summed E-state index contributed by atoms with van der Waals surface area (Å²) in [4.78, 5) is 28.7. The zero-order valence-electron chi connectivity index (χ0n) is 14.3. The minimum Gasteiger partial charge on any atom is -0.506 e. The van der Waals surface area contributed by atoms with Crippen molar-refractivity contribution in [3.63, 3.8) is 0 Å². The van der Waals surface area contributed by atoms with Crippen LogP contribution in [-0.4, -0.2) is 26.5 Å². The third-order valence-corrected chi connectivity index (χ3v) is 5.59. The topological polar surface area (TPSA) is 87.1 Å². The van der Waals surface area contributed by atoms with Gasteiger partial charge in [-0.2, -0.15) is 0 Å². The Bertz CT molecular complexity index is 1500. The van der Waals surface area contributed by atoms with Crippen LogP contribution < -0.4 is 5.32 Å². The average Bonchev–Trinajstić information content (AvgIpc) is 3.27. The van der Waals surface area contributed by atoms with Crippen LogP contribution in [0.4, 0.5) is 0 Å². The van der Waals surface area contributed by atoms with Crippen molar-refractivity contribution < 1.29 is 14.7 Å². The Morgan fingerprint density at radius 2 is 1.56 bits per heavy atom. The van der Waals surface area contributed by atoms with Crippen molar-refractivity contribution in [2.24, 2.45) is 7.05 Å². The maximum Gasteiger partial charge on any atom is 0.259 e. The van der Waals surface area contributed by atoms with Crippen molar-refractivity contribution in [1.29, 1.82) is 0 Å². The highest BCUT2D eigenvalue weighted by molar-refractivity contribution is 6.39. The van der Waals surface area contributed by atoms with Gasteiger partial charge in [-0.1, -0.05) is 30.3 Å². The molecule has 0 radical (unpaired) electrons. The molecule has 27 heavy (non-hydrogen) atoms. The number of aryl methyl sites for hydroxylation is 1.